The molecule has 0 radical (unpaired) electrons. The van der Waals surface area contributed by atoms with Crippen molar-refractivity contribution < 1.29 is 9.47 Å². The maximum absolute atomic E-state index is 5.91. The third-order valence-electron chi connectivity index (χ3n) is 6.83. The zero-order chi connectivity index (χ0) is 22.8. The number of ether oxygens (including phenoxy) is 2. The quantitative estimate of drug-likeness (QED) is 0.483. The second-order valence-electron chi connectivity index (χ2n) is 8.67. The zero-order valence-electron chi connectivity index (χ0n) is 19.1. The number of rotatable bonds is 6. The summed E-state index contributed by atoms with van der Waals surface area (Å²) in [6.45, 7) is 0. The lowest BCUT2D eigenvalue weighted by atomic mass is 9.94. The van der Waals surface area contributed by atoms with Crippen LogP contribution in [0.5, 0.6) is 11.5 Å². The number of benzene rings is 1. The standard InChI is InChI=1S/C26H30N4O2S/c1-31-19-13-14-21(23(17-19)32-2)30-25(24(28-26(30)33)20-11-6-7-15-27-20)22-12-8-16-29(22)18-9-4-3-5-10-18/h6-8,11-18,24-25H,3-5,9-10H2,1-2H3,(H,28,33)/t24-,25-/m0/s1. The van der Waals surface area contributed by atoms with Crippen molar-refractivity contribution in [2.45, 2.75) is 50.2 Å². The minimum atomic E-state index is -0.0808. The topological polar surface area (TPSA) is 51.5 Å². The van der Waals surface area contributed by atoms with E-state index < -0.39 is 0 Å². The van der Waals surface area contributed by atoms with Crippen LogP contribution in [0.25, 0.3) is 0 Å². The molecule has 5 rings (SSSR count). The Morgan fingerprint density at radius 3 is 2.58 bits per heavy atom. The fourth-order valence-electron chi connectivity index (χ4n) is 5.25. The average Bonchev–Trinajstić information content (AvgIpc) is 3.49. The second kappa shape index (κ2) is 9.43. The van der Waals surface area contributed by atoms with Crippen molar-refractivity contribution in [2.24, 2.45) is 0 Å². The van der Waals surface area contributed by atoms with Gasteiger partial charge in [0.1, 0.15) is 17.5 Å². The Labute approximate surface area is 200 Å². The van der Waals surface area contributed by atoms with Crippen LogP contribution < -0.4 is 19.7 Å². The van der Waals surface area contributed by atoms with Crippen LogP contribution in [-0.2, 0) is 0 Å². The van der Waals surface area contributed by atoms with Gasteiger partial charge >= 0.3 is 0 Å². The monoisotopic (exact) mass is 462 g/mol. The second-order valence-corrected chi connectivity index (χ2v) is 9.05. The first-order chi connectivity index (χ1) is 16.2. The van der Waals surface area contributed by atoms with Gasteiger partial charge < -0.3 is 24.3 Å². The van der Waals surface area contributed by atoms with Crippen molar-refractivity contribution in [1.29, 1.82) is 0 Å². The van der Waals surface area contributed by atoms with Gasteiger partial charge in [-0.05, 0) is 61.5 Å². The van der Waals surface area contributed by atoms with E-state index in [4.69, 9.17) is 21.7 Å². The number of anilines is 1. The van der Waals surface area contributed by atoms with Gasteiger partial charge in [-0.2, -0.15) is 0 Å². The summed E-state index contributed by atoms with van der Waals surface area (Å²) in [6, 6.07) is 16.7. The number of methoxy groups -OCH3 is 2. The van der Waals surface area contributed by atoms with E-state index in [-0.39, 0.29) is 12.1 Å². The molecule has 2 aliphatic rings. The molecule has 1 aliphatic heterocycles. The molecule has 2 atom stereocenters. The summed E-state index contributed by atoms with van der Waals surface area (Å²) in [5.74, 6) is 1.47. The van der Waals surface area contributed by atoms with Gasteiger partial charge in [-0.3, -0.25) is 4.98 Å². The molecular weight excluding hydrogens is 432 g/mol. The van der Waals surface area contributed by atoms with Crippen molar-refractivity contribution in [1.82, 2.24) is 14.9 Å². The Morgan fingerprint density at radius 2 is 1.85 bits per heavy atom. The van der Waals surface area contributed by atoms with Gasteiger partial charge in [0, 0.05) is 30.2 Å². The molecule has 0 amide bonds. The lowest BCUT2D eigenvalue weighted by Crippen LogP contribution is -2.31. The average molecular weight is 463 g/mol. The molecule has 2 aromatic heterocycles. The highest BCUT2D eigenvalue weighted by Gasteiger charge is 2.43. The van der Waals surface area contributed by atoms with Gasteiger partial charge in [0.05, 0.1) is 31.6 Å². The van der Waals surface area contributed by atoms with E-state index in [1.807, 2.05) is 36.5 Å². The highest BCUT2D eigenvalue weighted by Crippen LogP contribution is 2.46. The number of hydrogen-bond acceptors (Lipinski definition) is 4. The molecule has 1 N–H and O–H groups in total. The van der Waals surface area contributed by atoms with Gasteiger partial charge in [-0.1, -0.05) is 25.3 Å². The molecule has 1 aromatic carbocycles. The van der Waals surface area contributed by atoms with Gasteiger partial charge in [0.15, 0.2) is 5.11 Å². The molecule has 0 unspecified atom stereocenters. The predicted octanol–water partition coefficient (Wildman–Crippen LogP) is 5.58. The SMILES string of the molecule is COc1ccc(N2C(=S)N[C@@H](c3ccccn3)[C@@H]2c2cccn2C2CCCCC2)c(OC)c1. The Hall–Kier alpha value is -3.06. The summed E-state index contributed by atoms with van der Waals surface area (Å²) < 4.78 is 13.7. The number of pyridine rings is 1. The Bertz CT molecular complexity index is 1110. The molecule has 1 aliphatic carbocycles. The predicted molar refractivity (Wildman–Crippen MR) is 134 cm³/mol. The largest absolute Gasteiger partial charge is 0.497 e. The first-order valence-electron chi connectivity index (χ1n) is 11.6. The summed E-state index contributed by atoms with van der Waals surface area (Å²) >= 11 is 5.91. The first-order valence-corrected chi connectivity index (χ1v) is 12.0. The molecule has 3 aromatic rings. The zero-order valence-corrected chi connectivity index (χ0v) is 19.9. The Balaban J connectivity index is 1.63. The summed E-state index contributed by atoms with van der Waals surface area (Å²) in [7, 11) is 3.34. The van der Waals surface area contributed by atoms with E-state index in [1.54, 1.807) is 14.2 Å². The normalized spacial score (nSPS) is 21.2. The lowest BCUT2D eigenvalue weighted by molar-refractivity contribution is 0.339. The molecular formula is C26H30N4O2S. The molecule has 6 nitrogen and oxygen atoms in total. The lowest BCUT2D eigenvalue weighted by Gasteiger charge is -2.33. The Morgan fingerprint density at radius 1 is 1.00 bits per heavy atom. The molecule has 0 bridgehead atoms. The van der Waals surface area contributed by atoms with E-state index in [9.17, 15) is 0 Å². The highest BCUT2D eigenvalue weighted by molar-refractivity contribution is 7.80. The minimum absolute atomic E-state index is 0.0633. The van der Waals surface area contributed by atoms with Crippen LogP contribution in [-0.4, -0.2) is 28.9 Å². The summed E-state index contributed by atoms with van der Waals surface area (Å²) in [4.78, 5) is 6.87. The van der Waals surface area contributed by atoms with Crippen LogP contribution in [0, 0.1) is 0 Å². The third kappa shape index (κ3) is 4.06. The van der Waals surface area contributed by atoms with Crippen LogP contribution in [0.3, 0.4) is 0 Å². The van der Waals surface area contributed by atoms with Crippen LogP contribution in [0.1, 0.15) is 61.6 Å². The summed E-state index contributed by atoms with van der Waals surface area (Å²) in [6.07, 6.45) is 10.4. The highest BCUT2D eigenvalue weighted by atomic mass is 32.1. The van der Waals surface area contributed by atoms with E-state index in [2.05, 4.69) is 44.2 Å². The van der Waals surface area contributed by atoms with Crippen molar-refractivity contribution in [2.75, 3.05) is 19.1 Å². The van der Waals surface area contributed by atoms with Crippen molar-refractivity contribution in [3.63, 3.8) is 0 Å². The van der Waals surface area contributed by atoms with Crippen molar-refractivity contribution in [3.8, 4) is 11.5 Å². The molecule has 3 heterocycles. The van der Waals surface area contributed by atoms with Gasteiger partial charge in [0.25, 0.3) is 0 Å². The Kier molecular flexibility index (Phi) is 6.22. The molecule has 1 saturated carbocycles. The first kappa shape index (κ1) is 21.8. The maximum atomic E-state index is 5.91. The number of nitrogens with zero attached hydrogens (tertiary/aromatic N) is 3. The maximum Gasteiger partial charge on any atom is 0.174 e. The summed E-state index contributed by atoms with van der Waals surface area (Å²) in [5.41, 5.74) is 3.12. The van der Waals surface area contributed by atoms with Gasteiger partial charge in [-0.25, -0.2) is 0 Å². The molecule has 7 heteroatoms. The van der Waals surface area contributed by atoms with Crippen molar-refractivity contribution >= 4 is 23.0 Å². The van der Waals surface area contributed by atoms with E-state index >= 15 is 0 Å². The number of thiocarbonyl (C=S) groups is 1. The molecule has 0 spiro atoms. The third-order valence-corrected chi connectivity index (χ3v) is 7.14. The van der Waals surface area contributed by atoms with Gasteiger partial charge in [-0.15, -0.1) is 0 Å². The number of hydrogen-bond donors (Lipinski definition) is 1. The van der Waals surface area contributed by atoms with Crippen LogP contribution in [0.2, 0.25) is 0 Å². The van der Waals surface area contributed by atoms with E-state index in [0.717, 1.165) is 22.9 Å². The van der Waals surface area contributed by atoms with Gasteiger partial charge in [0.2, 0.25) is 0 Å². The minimum Gasteiger partial charge on any atom is -0.497 e. The number of nitrogens with one attached hydrogen (secondary N) is 1. The molecule has 2 fully saturated rings. The van der Waals surface area contributed by atoms with Crippen LogP contribution in [0.15, 0.2) is 60.9 Å². The fourth-order valence-corrected chi connectivity index (χ4v) is 5.59. The van der Waals surface area contributed by atoms with E-state index in [1.165, 1.54) is 37.8 Å². The number of aromatic nitrogens is 2. The molecule has 1 saturated heterocycles. The molecule has 172 valence electrons. The van der Waals surface area contributed by atoms with E-state index in [0.29, 0.717) is 11.2 Å². The van der Waals surface area contributed by atoms with Crippen molar-refractivity contribution in [3.05, 3.63) is 72.3 Å². The van der Waals surface area contributed by atoms with Crippen LogP contribution >= 0.6 is 12.2 Å². The van der Waals surface area contributed by atoms with Crippen LogP contribution in [0.4, 0.5) is 5.69 Å². The fraction of sp³-hybridized carbons (Fsp3) is 0.385. The summed E-state index contributed by atoms with van der Waals surface area (Å²) in [5, 5.41) is 4.22. The smallest absolute Gasteiger partial charge is 0.174 e. The molecule has 33 heavy (non-hydrogen) atoms.